The summed E-state index contributed by atoms with van der Waals surface area (Å²) in [5.74, 6) is 1.39. The third-order valence-corrected chi connectivity index (χ3v) is 4.19. The number of nitrogens with zero attached hydrogens (tertiary/aromatic N) is 1. The molecule has 5 heteroatoms. The van der Waals surface area contributed by atoms with Crippen LogP contribution in [0.4, 0.5) is 11.5 Å². The molecule has 0 radical (unpaired) electrons. The summed E-state index contributed by atoms with van der Waals surface area (Å²) >= 11 is 0. The number of rotatable bonds is 7. The summed E-state index contributed by atoms with van der Waals surface area (Å²) in [7, 11) is 1.65. The second-order valence-corrected chi connectivity index (χ2v) is 6.24. The van der Waals surface area contributed by atoms with Crippen molar-refractivity contribution >= 4 is 17.4 Å². The lowest BCUT2D eigenvalue weighted by molar-refractivity contribution is 0.0953. The van der Waals surface area contributed by atoms with Crippen molar-refractivity contribution in [2.24, 2.45) is 0 Å². The Kier molecular flexibility index (Phi) is 6.05. The fourth-order valence-corrected chi connectivity index (χ4v) is 2.80. The zero-order valence-electron chi connectivity index (χ0n) is 15.5. The van der Waals surface area contributed by atoms with E-state index in [0.717, 1.165) is 17.0 Å². The Hall–Kier alpha value is -3.34. The molecule has 27 heavy (non-hydrogen) atoms. The zero-order chi connectivity index (χ0) is 19.1. The SMILES string of the molecule is COc1ccccc1CCNC(=O)c1ccc(Nc2cccc(C)c2)nc1. The molecular formula is C22H23N3O2. The Labute approximate surface area is 159 Å². The normalized spacial score (nSPS) is 10.3. The van der Waals surface area contributed by atoms with Crippen molar-refractivity contribution in [3.8, 4) is 5.75 Å². The maximum absolute atomic E-state index is 12.3. The van der Waals surface area contributed by atoms with E-state index in [1.807, 2.05) is 55.5 Å². The molecular weight excluding hydrogens is 338 g/mol. The number of carbonyl (C=O) groups excluding carboxylic acids is 1. The fraction of sp³-hybridized carbons (Fsp3) is 0.182. The molecule has 0 aliphatic heterocycles. The van der Waals surface area contributed by atoms with Gasteiger partial charge in [-0.2, -0.15) is 0 Å². The molecule has 1 amide bonds. The summed E-state index contributed by atoms with van der Waals surface area (Å²) in [6.45, 7) is 2.57. The second kappa shape index (κ2) is 8.85. The maximum atomic E-state index is 12.3. The number of amides is 1. The van der Waals surface area contributed by atoms with Crippen molar-refractivity contribution in [1.29, 1.82) is 0 Å². The van der Waals surface area contributed by atoms with Crippen molar-refractivity contribution in [3.05, 3.63) is 83.6 Å². The van der Waals surface area contributed by atoms with Crippen LogP contribution < -0.4 is 15.4 Å². The highest BCUT2D eigenvalue weighted by atomic mass is 16.5. The molecule has 0 saturated carbocycles. The van der Waals surface area contributed by atoms with Crippen molar-refractivity contribution in [2.75, 3.05) is 19.0 Å². The van der Waals surface area contributed by atoms with Crippen LogP contribution in [0.25, 0.3) is 0 Å². The molecule has 2 N–H and O–H groups in total. The summed E-state index contributed by atoms with van der Waals surface area (Å²) in [5.41, 5.74) is 3.74. The number of methoxy groups -OCH3 is 1. The van der Waals surface area contributed by atoms with Gasteiger partial charge in [-0.15, -0.1) is 0 Å². The van der Waals surface area contributed by atoms with E-state index >= 15 is 0 Å². The highest BCUT2D eigenvalue weighted by Gasteiger charge is 2.07. The van der Waals surface area contributed by atoms with Crippen LogP contribution in [0.5, 0.6) is 5.75 Å². The van der Waals surface area contributed by atoms with Crippen LogP contribution in [0, 0.1) is 6.92 Å². The van der Waals surface area contributed by atoms with Crippen LogP contribution in [0.3, 0.4) is 0 Å². The predicted molar refractivity (Wildman–Crippen MR) is 108 cm³/mol. The Morgan fingerprint density at radius 3 is 2.67 bits per heavy atom. The van der Waals surface area contributed by atoms with Crippen LogP contribution in [0.2, 0.25) is 0 Å². The van der Waals surface area contributed by atoms with Gasteiger partial charge in [-0.25, -0.2) is 4.98 Å². The molecule has 0 unspecified atom stereocenters. The molecule has 138 valence electrons. The average molecular weight is 361 g/mol. The Bertz CT molecular complexity index is 907. The number of pyridine rings is 1. The number of aromatic nitrogens is 1. The molecule has 2 aromatic carbocycles. The maximum Gasteiger partial charge on any atom is 0.252 e. The number of carbonyl (C=O) groups is 1. The van der Waals surface area contributed by atoms with Gasteiger partial charge in [0.2, 0.25) is 0 Å². The Balaban J connectivity index is 1.54. The van der Waals surface area contributed by atoms with Crippen molar-refractivity contribution < 1.29 is 9.53 Å². The number of para-hydroxylation sites is 1. The molecule has 0 saturated heterocycles. The van der Waals surface area contributed by atoms with Gasteiger partial charge in [0.25, 0.3) is 5.91 Å². The highest BCUT2D eigenvalue weighted by molar-refractivity contribution is 5.94. The van der Waals surface area contributed by atoms with Crippen LogP contribution >= 0.6 is 0 Å². The number of benzene rings is 2. The number of aryl methyl sites for hydroxylation is 1. The molecule has 3 aromatic rings. The molecule has 0 spiro atoms. The quantitative estimate of drug-likeness (QED) is 0.665. The molecule has 0 fully saturated rings. The van der Waals surface area contributed by atoms with Gasteiger partial charge in [0.15, 0.2) is 0 Å². The van der Waals surface area contributed by atoms with Gasteiger partial charge in [-0.05, 0) is 54.8 Å². The molecule has 0 aliphatic rings. The molecule has 1 aromatic heterocycles. The first kappa shape index (κ1) is 18.5. The van der Waals surface area contributed by atoms with Crippen LogP contribution in [0.15, 0.2) is 66.9 Å². The van der Waals surface area contributed by atoms with Crippen molar-refractivity contribution in [2.45, 2.75) is 13.3 Å². The van der Waals surface area contributed by atoms with Gasteiger partial charge in [0.05, 0.1) is 12.7 Å². The lowest BCUT2D eigenvalue weighted by Crippen LogP contribution is -2.25. The minimum atomic E-state index is -0.139. The molecule has 0 bridgehead atoms. The molecule has 5 nitrogen and oxygen atoms in total. The first-order chi connectivity index (χ1) is 13.2. The van der Waals surface area contributed by atoms with E-state index in [1.54, 1.807) is 25.4 Å². The van der Waals surface area contributed by atoms with Gasteiger partial charge in [-0.1, -0.05) is 30.3 Å². The average Bonchev–Trinajstić information content (AvgIpc) is 2.69. The molecule has 0 aliphatic carbocycles. The third-order valence-electron chi connectivity index (χ3n) is 4.19. The van der Waals surface area contributed by atoms with E-state index in [0.29, 0.717) is 24.3 Å². The topological polar surface area (TPSA) is 63.2 Å². The van der Waals surface area contributed by atoms with Gasteiger partial charge < -0.3 is 15.4 Å². The van der Waals surface area contributed by atoms with E-state index in [9.17, 15) is 4.79 Å². The largest absolute Gasteiger partial charge is 0.496 e. The number of hydrogen-bond acceptors (Lipinski definition) is 4. The third kappa shape index (κ3) is 5.07. The van der Waals surface area contributed by atoms with Crippen LogP contribution in [0.1, 0.15) is 21.5 Å². The van der Waals surface area contributed by atoms with E-state index in [-0.39, 0.29) is 5.91 Å². The minimum Gasteiger partial charge on any atom is -0.496 e. The monoisotopic (exact) mass is 361 g/mol. The first-order valence-electron chi connectivity index (χ1n) is 8.85. The Morgan fingerprint density at radius 2 is 1.93 bits per heavy atom. The summed E-state index contributed by atoms with van der Waals surface area (Å²) in [5, 5.41) is 6.15. The number of ether oxygens (including phenoxy) is 1. The molecule has 0 atom stereocenters. The summed E-state index contributed by atoms with van der Waals surface area (Å²) in [4.78, 5) is 16.6. The summed E-state index contributed by atoms with van der Waals surface area (Å²) in [6, 6.07) is 19.4. The fourth-order valence-electron chi connectivity index (χ4n) is 2.80. The lowest BCUT2D eigenvalue weighted by Gasteiger charge is -2.10. The lowest BCUT2D eigenvalue weighted by atomic mass is 10.1. The zero-order valence-corrected chi connectivity index (χ0v) is 15.5. The van der Waals surface area contributed by atoms with E-state index in [4.69, 9.17) is 4.74 Å². The molecule has 3 rings (SSSR count). The van der Waals surface area contributed by atoms with Gasteiger partial charge in [0.1, 0.15) is 11.6 Å². The van der Waals surface area contributed by atoms with Gasteiger partial charge >= 0.3 is 0 Å². The van der Waals surface area contributed by atoms with Crippen LogP contribution in [-0.2, 0) is 6.42 Å². The van der Waals surface area contributed by atoms with E-state index < -0.39 is 0 Å². The molecule has 1 heterocycles. The predicted octanol–water partition coefficient (Wildman–Crippen LogP) is 4.11. The van der Waals surface area contributed by atoms with Gasteiger partial charge in [-0.3, -0.25) is 4.79 Å². The summed E-state index contributed by atoms with van der Waals surface area (Å²) in [6.07, 6.45) is 2.28. The minimum absolute atomic E-state index is 0.139. The van der Waals surface area contributed by atoms with E-state index in [2.05, 4.69) is 15.6 Å². The standard InChI is InChI=1S/C22H23N3O2/c1-16-6-5-8-19(14-16)25-21-11-10-18(15-24-21)22(26)23-13-12-17-7-3-4-9-20(17)27-2/h3-11,14-15H,12-13H2,1-2H3,(H,23,26)(H,24,25). The van der Waals surface area contributed by atoms with Crippen molar-refractivity contribution in [1.82, 2.24) is 10.3 Å². The summed E-state index contributed by atoms with van der Waals surface area (Å²) < 4.78 is 5.33. The first-order valence-corrected chi connectivity index (χ1v) is 8.85. The Morgan fingerprint density at radius 1 is 1.07 bits per heavy atom. The van der Waals surface area contributed by atoms with Crippen LogP contribution in [-0.4, -0.2) is 24.5 Å². The second-order valence-electron chi connectivity index (χ2n) is 6.24. The number of nitrogens with one attached hydrogen (secondary N) is 2. The highest BCUT2D eigenvalue weighted by Crippen LogP contribution is 2.18. The number of hydrogen-bond donors (Lipinski definition) is 2. The smallest absolute Gasteiger partial charge is 0.252 e. The number of anilines is 2. The van der Waals surface area contributed by atoms with Crippen molar-refractivity contribution in [3.63, 3.8) is 0 Å². The van der Waals surface area contributed by atoms with E-state index in [1.165, 1.54) is 5.56 Å². The van der Waals surface area contributed by atoms with Gasteiger partial charge in [0, 0.05) is 18.4 Å².